The molecule has 4 rings (SSSR count). The van der Waals surface area contributed by atoms with Gasteiger partial charge in [0.05, 0.1) is 33.3 Å². The van der Waals surface area contributed by atoms with Gasteiger partial charge in [-0.15, -0.1) is 0 Å². The normalized spacial score (nSPS) is 15.0. The molecule has 2 N–H and O–H groups in total. The second kappa shape index (κ2) is 8.35. The molecule has 0 saturated carbocycles. The summed E-state index contributed by atoms with van der Waals surface area (Å²) < 4.78 is 10.7. The second-order valence-corrected chi connectivity index (χ2v) is 7.13. The number of benzene rings is 2. The molecule has 0 spiro atoms. The number of nitrogens with one attached hydrogen (secondary N) is 2. The van der Waals surface area contributed by atoms with E-state index in [9.17, 15) is 4.79 Å². The van der Waals surface area contributed by atoms with Crippen LogP contribution in [0.5, 0.6) is 11.5 Å². The summed E-state index contributed by atoms with van der Waals surface area (Å²) in [6.07, 6.45) is 2.11. The monoisotopic (exact) mass is 380 g/mol. The van der Waals surface area contributed by atoms with Gasteiger partial charge in [0.25, 0.3) is 5.91 Å². The third-order valence-corrected chi connectivity index (χ3v) is 5.36. The minimum atomic E-state index is 0.0435. The van der Waals surface area contributed by atoms with Crippen LogP contribution in [0.15, 0.2) is 54.7 Å². The Kier molecular flexibility index (Phi) is 5.48. The fraction of sp³-hybridized carbons (Fsp3) is 0.318. The second-order valence-electron chi connectivity index (χ2n) is 7.13. The summed E-state index contributed by atoms with van der Waals surface area (Å²) >= 11 is 0. The Morgan fingerprint density at radius 3 is 2.54 bits per heavy atom. The van der Waals surface area contributed by atoms with Gasteiger partial charge in [-0.25, -0.2) is 0 Å². The number of ether oxygens (including phenoxy) is 2. The number of hydrogen-bond donors (Lipinski definition) is 2. The predicted molar refractivity (Wildman–Crippen MR) is 108 cm³/mol. The topological polar surface area (TPSA) is 59.0 Å². The lowest BCUT2D eigenvalue weighted by Crippen LogP contribution is -3.13. The Hall–Kier alpha value is -2.99. The van der Waals surface area contributed by atoms with Gasteiger partial charge >= 0.3 is 0 Å². The summed E-state index contributed by atoms with van der Waals surface area (Å²) in [5, 5.41) is 1.29. The molecule has 28 heavy (non-hydrogen) atoms. The van der Waals surface area contributed by atoms with E-state index in [0.29, 0.717) is 5.75 Å². The summed E-state index contributed by atoms with van der Waals surface area (Å²) in [7, 11) is 1.62. The van der Waals surface area contributed by atoms with Gasteiger partial charge in [0.1, 0.15) is 18.0 Å². The largest absolute Gasteiger partial charge is 0.497 e. The summed E-state index contributed by atoms with van der Waals surface area (Å²) in [5.74, 6) is 1.49. The van der Waals surface area contributed by atoms with Crippen LogP contribution in [0.2, 0.25) is 0 Å². The lowest BCUT2D eigenvalue weighted by Gasteiger charge is -2.32. The summed E-state index contributed by atoms with van der Waals surface area (Å²) in [6, 6.07) is 15.7. The molecule has 1 saturated heterocycles. The van der Waals surface area contributed by atoms with Crippen molar-refractivity contribution in [2.24, 2.45) is 0 Å². The molecule has 2 heterocycles. The van der Waals surface area contributed by atoms with Gasteiger partial charge in [-0.2, -0.15) is 0 Å². The van der Waals surface area contributed by atoms with Crippen molar-refractivity contribution < 1.29 is 19.2 Å². The molecule has 1 amide bonds. The Labute approximate surface area is 164 Å². The van der Waals surface area contributed by atoms with Crippen LogP contribution in [-0.2, 0) is 11.3 Å². The summed E-state index contributed by atoms with van der Waals surface area (Å²) in [6.45, 7) is 4.49. The number of amides is 1. The maximum atomic E-state index is 12.5. The van der Waals surface area contributed by atoms with Crippen molar-refractivity contribution >= 4 is 16.8 Å². The van der Waals surface area contributed by atoms with E-state index >= 15 is 0 Å². The zero-order valence-electron chi connectivity index (χ0n) is 16.1. The molecule has 0 radical (unpaired) electrons. The molecule has 3 aromatic rings. The van der Waals surface area contributed by atoms with E-state index < -0.39 is 0 Å². The van der Waals surface area contributed by atoms with Crippen molar-refractivity contribution in [2.75, 3.05) is 39.9 Å². The highest BCUT2D eigenvalue weighted by atomic mass is 16.5. The van der Waals surface area contributed by atoms with E-state index in [1.54, 1.807) is 7.11 Å². The molecule has 0 atom stereocenters. The average Bonchev–Trinajstić information content (AvgIpc) is 3.16. The van der Waals surface area contributed by atoms with Crippen LogP contribution in [-0.4, -0.2) is 55.7 Å². The molecule has 1 aliphatic rings. The molecule has 1 aliphatic heterocycles. The molecule has 0 unspecified atom stereocenters. The summed E-state index contributed by atoms with van der Waals surface area (Å²) in [5.41, 5.74) is 2.52. The average molecular weight is 380 g/mol. The lowest BCUT2D eigenvalue weighted by atomic mass is 10.1. The quantitative estimate of drug-likeness (QED) is 0.681. The van der Waals surface area contributed by atoms with Crippen molar-refractivity contribution in [3.8, 4) is 11.5 Å². The maximum absolute atomic E-state index is 12.5. The molecule has 6 nitrogen and oxygen atoms in total. The first-order chi connectivity index (χ1) is 13.7. The number of carbonyl (C=O) groups excluding carboxylic acids is 1. The maximum Gasteiger partial charge on any atom is 0.260 e. The van der Waals surface area contributed by atoms with E-state index in [-0.39, 0.29) is 12.5 Å². The van der Waals surface area contributed by atoms with Gasteiger partial charge in [0.2, 0.25) is 0 Å². The van der Waals surface area contributed by atoms with E-state index in [1.165, 1.54) is 21.4 Å². The van der Waals surface area contributed by atoms with Gasteiger partial charge in [-0.3, -0.25) is 4.79 Å². The van der Waals surface area contributed by atoms with Crippen molar-refractivity contribution in [3.05, 3.63) is 60.3 Å². The van der Waals surface area contributed by atoms with E-state index in [1.807, 2.05) is 35.2 Å². The standard InChI is InChI=1S/C22H25N3O3/c1-27-18-6-8-19(9-7-18)28-16-22(26)25-12-10-24(11-13-25)15-17-14-23-21-5-3-2-4-20(17)21/h2-9,14,23H,10-13,15-16H2,1H3/p+1. The number of rotatable bonds is 6. The fourth-order valence-corrected chi connectivity index (χ4v) is 3.70. The molecular weight excluding hydrogens is 354 g/mol. The first-order valence-electron chi connectivity index (χ1n) is 9.66. The van der Waals surface area contributed by atoms with Gasteiger partial charge in [-0.1, -0.05) is 18.2 Å². The molecule has 146 valence electrons. The number of carbonyl (C=O) groups is 1. The molecule has 0 aliphatic carbocycles. The number of aromatic nitrogens is 1. The van der Waals surface area contributed by atoms with Crippen LogP contribution >= 0.6 is 0 Å². The van der Waals surface area contributed by atoms with Crippen LogP contribution in [0.3, 0.4) is 0 Å². The third kappa shape index (κ3) is 4.12. The summed E-state index contributed by atoms with van der Waals surface area (Å²) in [4.78, 5) is 19.2. The zero-order valence-corrected chi connectivity index (χ0v) is 16.1. The van der Waals surface area contributed by atoms with Crippen molar-refractivity contribution in [1.29, 1.82) is 0 Å². The van der Waals surface area contributed by atoms with E-state index in [0.717, 1.165) is 38.5 Å². The Bertz CT molecular complexity index is 928. The Morgan fingerprint density at radius 2 is 1.79 bits per heavy atom. The smallest absolute Gasteiger partial charge is 0.260 e. The van der Waals surface area contributed by atoms with Crippen LogP contribution in [0.4, 0.5) is 0 Å². The highest BCUT2D eigenvalue weighted by Crippen LogP contribution is 2.18. The first-order valence-corrected chi connectivity index (χ1v) is 9.66. The van der Waals surface area contributed by atoms with Gasteiger partial charge in [-0.05, 0) is 30.3 Å². The van der Waals surface area contributed by atoms with Gasteiger partial charge in [0.15, 0.2) is 6.61 Å². The van der Waals surface area contributed by atoms with Crippen molar-refractivity contribution in [1.82, 2.24) is 9.88 Å². The number of nitrogens with zero attached hydrogens (tertiary/aromatic N) is 1. The molecule has 1 fully saturated rings. The van der Waals surface area contributed by atoms with Crippen LogP contribution in [0.1, 0.15) is 5.56 Å². The van der Waals surface area contributed by atoms with Crippen LogP contribution < -0.4 is 14.4 Å². The molecule has 2 aromatic carbocycles. The van der Waals surface area contributed by atoms with Gasteiger partial charge in [0, 0.05) is 22.7 Å². The number of methoxy groups -OCH3 is 1. The number of piperazine rings is 1. The number of hydrogen-bond acceptors (Lipinski definition) is 3. The minimum absolute atomic E-state index is 0.0435. The number of fused-ring (bicyclic) bond motifs is 1. The highest BCUT2D eigenvalue weighted by Gasteiger charge is 2.24. The minimum Gasteiger partial charge on any atom is -0.497 e. The number of aromatic amines is 1. The third-order valence-electron chi connectivity index (χ3n) is 5.36. The van der Waals surface area contributed by atoms with E-state index in [4.69, 9.17) is 9.47 Å². The van der Waals surface area contributed by atoms with Crippen LogP contribution in [0, 0.1) is 0 Å². The van der Waals surface area contributed by atoms with E-state index in [2.05, 4.69) is 29.4 Å². The first kappa shape index (κ1) is 18.4. The fourth-order valence-electron chi connectivity index (χ4n) is 3.70. The Morgan fingerprint density at radius 1 is 1.07 bits per heavy atom. The highest BCUT2D eigenvalue weighted by molar-refractivity contribution is 5.82. The number of quaternary nitrogens is 1. The van der Waals surface area contributed by atoms with Crippen molar-refractivity contribution in [2.45, 2.75) is 6.54 Å². The molecule has 6 heteroatoms. The molecular formula is C22H26N3O3+. The van der Waals surface area contributed by atoms with Crippen molar-refractivity contribution in [3.63, 3.8) is 0 Å². The number of H-pyrrole nitrogens is 1. The number of para-hydroxylation sites is 1. The lowest BCUT2D eigenvalue weighted by molar-refractivity contribution is -0.917. The zero-order chi connectivity index (χ0) is 19.3. The molecule has 0 bridgehead atoms. The molecule has 1 aromatic heterocycles. The predicted octanol–water partition coefficient (Wildman–Crippen LogP) is 1.48. The Balaban J connectivity index is 1.25. The van der Waals surface area contributed by atoms with Gasteiger partial charge < -0.3 is 24.3 Å². The SMILES string of the molecule is COc1ccc(OCC(=O)N2CC[NH+](Cc3c[nH]c4ccccc34)CC2)cc1. The van der Waals surface area contributed by atoms with Crippen LogP contribution in [0.25, 0.3) is 10.9 Å².